The normalized spacial score (nSPS) is 24.0. The summed E-state index contributed by atoms with van der Waals surface area (Å²) in [4.78, 5) is 49.3. The molecule has 2 atom stereocenters. The fourth-order valence-electron chi connectivity index (χ4n) is 4.29. The molecule has 9 heteroatoms. The molecule has 3 heterocycles. The number of carbonyl (C=O) groups is 3. The van der Waals surface area contributed by atoms with E-state index in [1.807, 2.05) is 47.9 Å². The zero-order chi connectivity index (χ0) is 21.4. The SMILES string of the molecule is CCC(=O)N1CCN(C2=NC3C(C(=O)NC(=O)N3C)N2Cc2ccccc2C)CC1. The predicted molar refractivity (Wildman–Crippen MR) is 111 cm³/mol. The van der Waals surface area contributed by atoms with Crippen LogP contribution in [-0.2, 0) is 16.1 Å². The van der Waals surface area contributed by atoms with Gasteiger partial charge in [-0.15, -0.1) is 0 Å². The van der Waals surface area contributed by atoms with E-state index < -0.39 is 18.2 Å². The highest BCUT2D eigenvalue weighted by molar-refractivity contribution is 6.03. The predicted octanol–water partition coefficient (Wildman–Crippen LogP) is 0.597. The fraction of sp³-hybridized carbons (Fsp3) is 0.524. The van der Waals surface area contributed by atoms with E-state index in [9.17, 15) is 14.4 Å². The monoisotopic (exact) mass is 412 g/mol. The molecular weight excluding hydrogens is 384 g/mol. The molecule has 30 heavy (non-hydrogen) atoms. The molecule has 0 saturated carbocycles. The largest absolute Gasteiger partial charge is 0.339 e. The van der Waals surface area contributed by atoms with E-state index in [0.29, 0.717) is 45.1 Å². The fourth-order valence-corrected chi connectivity index (χ4v) is 4.29. The van der Waals surface area contributed by atoms with Crippen LogP contribution in [0.15, 0.2) is 29.3 Å². The van der Waals surface area contributed by atoms with E-state index in [4.69, 9.17) is 4.99 Å². The summed E-state index contributed by atoms with van der Waals surface area (Å²) in [6.45, 7) is 6.99. The van der Waals surface area contributed by atoms with Crippen LogP contribution in [0.25, 0.3) is 0 Å². The van der Waals surface area contributed by atoms with Gasteiger partial charge in [0.1, 0.15) is 0 Å². The number of guanidine groups is 1. The number of piperazine rings is 1. The van der Waals surface area contributed by atoms with Gasteiger partial charge in [-0.2, -0.15) is 0 Å². The highest BCUT2D eigenvalue weighted by atomic mass is 16.2. The summed E-state index contributed by atoms with van der Waals surface area (Å²) in [5.74, 6) is 0.543. The zero-order valence-electron chi connectivity index (χ0n) is 17.7. The number of amides is 4. The molecule has 3 aliphatic rings. The minimum absolute atomic E-state index is 0.151. The number of urea groups is 1. The smallest absolute Gasteiger partial charge is 0.325 e. The summed E-state index contributed by atoms with van der Waals surface area (Å²) in [5, 5.41) is 2.45. The number of imide groups is 1. The summed E-state index contributed by atoms with van der Waals surface area (Å²) in [6, 6.07) is 7.07. The summed E-state index contributed by atoms with van der Waals surface area (Å²) in [6.07, 6.45) is -0.0574. The number of hydrogen-bond acceptors (Lipinski definition) is 6. The Morgan fingerprint density at radius 3 is 2.53 bits per heavy atom. The van der Waals surface area contributed by atoms with Crippen molar-refractivity contribution in [2.24, 2.45) is 4.99 Å². The van der Waals surface area contributed by atoms with Crippen molar-refractivity contribution in [1.82, 2.24) is 24.9 Å². The molecule has 1 aromatic rings. The molecule has 2 fully saturated rings. The molecule has 1 aromatic carbocycles. The Morgan fingerprint density at radius 1 is 1.17 bits per heavy atom. The molecular formula is C21H28N6O3. The zero-order valence-corrected chi connectivity index (χ0v) is 17.7. The maximum atomic E-state index is 12.8. The third-order valence-electron chi connectivity index (χ3n) is 6.16. The van der Waals surface area contributed by atoms with Crippen molar-refractivity contribution >= 4 is 23.8 Å². The minimum Gasteiger partial charge on any atom is -0.339 e. The van der Waals surface area contributed by atoms with Gasteiger partial charge in [0.15, 0.2) is 18.2 Å². The maximum Gasteiger partial charge on any atom is 0.325 e. The quantitative estimate of drug-likeness (QED) is 0.785. The molecule has 0 bridgehead atoms. The Bertz CT molecular complexity index is 892. The molecule has 0 radical (unpaired) electrons. The molecule has 2 unspecified atom stereocenters. The average molecular weight is 412 g/mol. The molecule has 0 aliphatic carbocycles. The second-order valence-corrected chi connectivity index (χ2v) is 7.97. The van der Waals surface area contributed by atoms with Crippen LogP contribution in [0.2, 0.25) is 0 Å². The Kier molecular flexibility index (Phi) is 5.36. The number of likely N-dealkylation sites (N-methyl/N-ethyl adjacent to an activating group) is 1. The topological polar surface area (TPSA) is 88.6 Å². The molecule has 4 amide bonds. The van der Waals surface area contributed by atoms with E-state index in [2.05, 4.69) is 10.2 Å². The van der Waals surface area contributed by atoms with Gasteiger partial charge in [-0.1, -0.05) is 31.2 Å². The van der Waals surface area contributed by atoms with Gasteiger partial charge in [0, 0.05) is 46.2 Å². The molecule has 1 N–H and O–H groups in total. The number of rotatable bonds is 3. The van der Waals surface area contributed by atoms with Crippen LogP contribution < -0.4 is 5.32 Å². The van der Waals surface area contributed by atoms with E-state index in [1.54, 1.807) is 7.05 Å². The van der Waals surface area contributed by atoms with E-state index in [0.717, 1.165) is 11.1 Å². The van der Waals surface area contributed by atoms with Gasteiger partial charge in [-0.05, 0) is 18.1 Å². The highest BCUT2D eigenvalue weighted by Crippen LogP contribution is 2.28. The van der Waals surface area contributed by atoms with Crippen LogP contribution in [0, 0.1) is 6.92 Å². The van der Waals surface area contributed by atoms with Crippen LogP contribution in [0.3, 0.4) is 0 Å². The Labute approximate surface area is 176 Å². The van der Waals surface area contributed by atoms with E-state index in [-0.39, 0.29) is 11.8 Å². The maximum absolute atomic E-state index is 12.8. The number of nitrogens with one attached hydrogen (secondary N) is 1. The summed E-state index contributed by atoms with van der Waals surface area (Å²) >= 11 is 0. The first-order valence-electron chi connectivity index (χ1n) is 10.4. The number of aliphatic imine (C=N–C) groups is 1. The molecule has 3 aliphatic heterocycles. The summed E-state index contributed by atoms with van der Waals surface area (Å²) < 4.78 is 0. The molecule has 9 nitrogen and oxygen atoms in total. The Morgan fingerprint density at radius 2 is 1.87 bits per heavy atom. The van der Waals surface area contributed by atoms with Crippen molar-refractivity contribution in [3.63, 3.8) is 0 Å². The van der Waals surface area contributed by atoms with Gasteiger partial charge in [-0.25, -0.2) is 9.79 Å². The highest BCUT2D eigenvalue weighted by Gasteiger charge is 2.50. The molecule has 4 rings (SSSR count). The third-order valence-corrected chi connectivity index (χ3v) is 6.16. The van der Waals surface area contributed by atoms with Gasteiger partial charge in [0.2, 0.25) is 5.91 Å². The van der Waals surface area contributed by atoms with Crippen molar-refractivity contribution < 1.29 is 14.4 Å². The Hall–Kier alpha value is -3.10. The molecule has 160 valence electrons. The standard InChI is InChI=1S/C21H28N6O3/c1-4-16(28)25-9-11-26(12-10-25)20-22-18-17(19(29)23-21(30)24(18)3)27(20)13-15-8-6-5-7-14(15)2/h5-8,17-18H,4,9-13H2,1-3H3,(H,23,29,30). The number of fused-ring (bicyclic) bond motifs is 1. The van der Waals surface area contributed by atoms with Crippen molar-refractivity contribution in [3.05, 3.63) is 35.4 Å². The number of hydrogen-bond donors (Lipinski definition) is 1. The van der Waals surface area contributed by atoms with Gasteiger partial charge in [0.05, 0.1) is 0 Å². The van der Waals surface area contributed by atoms with Gasteiger partial charge < -0.3 is 19.6 Å². The summed E-state index contributed by atoms with van der Waals surface area (Å²) in [5.41, 5.74) is 2.25. The first-order valence-corrected chi connectivity index (χ1v) is 10.4. The van der Waals surface area contributed by atoms with Crippen LogP contribution >= 0.6 is 0 Å². The lowest BCUT2D eigenvalue weighted by Crippen LogP contribution is -2.64. The average Bonchev–Trinajstić information content (AvgIpc) is 3.13. The van der Waals surface area contributed by atoms with Crippen molar-refractivity contribution in [1.29, 1.82) is 0 Å². The van der Waals surface area contributed by atoms with Crippen molar-refractivity contribution in [2.45, 2.75) is 39.0 Å². The van der Waals surface area contributed by atoms with E-state index >= 15 is 0 Å². The lowest BCUT2D eigenvalue weighted by molar-refractivity contribution is -0.132. The lowest BCUT2D eigenvalue weighted by Gasteiger charge is -2.40. The van der Waals surface area contributed by atoms with Crippen LogP contribution in [0.1, 0.15) is 24.5 Å². The first kappa shape index (κ1) is 20.2. The second-order valence-electron chi connectivity index (χ2n) is 7.97. The van der Waals surface area contributed by atoms with Gasteiger partial charge in [-0.3, -0.25) is 14.9 Å². The van der Waals surface area contributed by atoms with Crippen LogP contribution in [0.4, 0.5) is 4.79 Å². The third kappa shape index (κ3) is 3.48. The Balaban J connectivity index is 1.62. The second kappa shape index (κ2) is 7.97. The number of aryl methyl sites for hydroxylation is 1. The number of nitrogens with zero attached hydrogens (tertiary/aromatic N) is 5. The van der Waals surface area contributed by atoms with Gasteiger partial charge >= 0.3 is 6.03 Å². The minimum atomic E-state index is -0.572. The first-order chi connectivity index (χ1) is 14.4. The lowest BCUT2D eigenvalue weighted by atomic mass is 10.1. The molecule has 0 spiro atoms. The number of benzene rings is 1. The van der Waals surface area contributed by atoms with Gasteiger partial charge in [0.25, 0.3) is 5.91 Å². The summed E-state index contributed by atoms with van der Waals surface area (Å²) in [7, 11) is 1.66. The van der Waals surface area contributed by atoms with Crippen molar-refractivity contribution in [3.8, 4) is 0 Å². The van der Waals surface area contributed by atoms with Crippen LogP contribution in [0.5, 0.6) is 0 Å². The molecule has 0 aromatic heterocycles. The van der Waals surface area contributed by atoms with Crippen LogP contribution in [-0.4, -0.2) is 88.8 Å². The molecule has 2 saturated heterocycles. The van der Waals surface area contributed by atoms with E-state index in [1.165, 1.54) is 4.90 Å². The van der Waals surface area contributed by atoms with Crippen molar-refractivity contribution in [2.75, 3.05) is 33.2 Å². The number of carbonyl (C=O) groups excluding carboxylic acids is 3.